The largest absolute Gasteiger partial charge is 0.481 e. The molecule has 2 N–H and O–H groups in total. The molecule has 0 amide bonds. The van der Waals surface area contributed by atoms with E-state index in [-0.39, 0.29) is 49.5 Å². The predicted octanol–water partition coefficient (Wildman–Crippen LogP) is 1.44. The number of carbonyl (C=O) groups excluding carboxylic acids is 1. The highest BCUT2D eigenvalue weighted by atomic mass is 16.7. The number of benzene rings is 1. The number of carboxylic acids is 1. The van der Waals surface area contributed by atoms with Crippen molar-refractivity contribution in [3.05, 3.63) is 50.8 Å². The lowest BCUT2D eigenvalue weighted by atomic mass is 9.86. The zero-order valence-corrected chi connectivity index (χ0v) is 17.5. The Balaban J connectivity index is 1.60. The first-order valence-corrected chi connectivity index (χ1v) is 10.5. The van der Waals surface area contributed by atoms with Crippen molar-refractivity contribution in [2.24, 2.45) is 0 Å². The molecule has 168 valence electrons. The van der Waals surface area contributed by atoms with Crippen LogP contribution in [0.15, 0.2) is 23.0 Å². The van der Waals surface area contributed by atoms with E-state index in [4.69, 9.17) is 19.2 Å². The summed E-state index contributed by atoms with van der Waals surface area (Å²) in [6.45, 7) is 1.66. The van der Waals surface area contributed by atoms with Gasteiger partial charge in [0.1, 0.15) is 6.61 Å². The molecule has 2 aromatic heterocycles. The normalized spacial score (nSPS) is 19.8. The molecule has 3 aliphatic rings. The topological polar surface area (TPSA) is 137 Å². The van der Waals surface area contributed by atoms with E-state index in [0.717, 1.165) is 5.56 Å². The standard InChI is InChI=1S/C23H18N2O8/c1-2-23(30)14-5-16-19-10(7-25(16)21(28)13(14)8-31-22(23)29)3-11-12(4-18(26)27)20-17(32-9-33-20)6-15(11)24-19/h3,5-6,30H,2,4,7-9H2,1H3,(H,26,27). The van der Waals surface area contributed by atoms with E-state index in [2.05, 4.69) is 0 Å². The SMILES string of the molecule is CCC1(O)C(=O)OCc2c1cc1n(c2=O)Cc2cc3c(CC(=O)O)c4c(cc3nc2-1)OCO4. The molecule has 5 heterocycles. The number of ether oxygens (including phenoxy) is 3. The summed E-state index contributed by atoms with van der Waals surface area (Å²) >= 11 is 0. The zero-order chi connectivity index (χ0) is 23.1. The summed E-state index contributed by atoms with van der Waals surface area (Å²) in [6.07, 6.45) is -0.213. The molecule has 33 heavy (non-hydrogen) atoms. The fourth-order valence-electron chi connectivity index (χ4n) is 4.89. The summed E-state index contributed by atoms with van der Waals surface area (Å²) in [5, 5.41) is 21.0. The molecule has 0 bridgehead atoms. The maximum absolute atomic E-state index is 13.3. The minimum absolute atomic E-state index is 0.00590. The van der Waals surface area contributed by atoms with Crippen LogP contribution >= 0.6 is 0 Å². The molecule has 10 nitrogen and oxygen atoms in total. The van der Waals surface area contributed by atoms with Crippen LogP contribution in [0, 0.1) is 0 Å². The number of rotatable bonds is 3. The van der Waals surface area contributed by atoms with E-state index in [9.17, 15) is 24.6 Å². The van der Waals surface area contributed by atoms with Gasteiger partial charge in [-0.05, 0) is 18.6 Å². The highest BCUT2D eigenvalue weighted by Gasteiger charge is 2.45. The number of aliphatic carboxylic acids is 1. The third-order valence-corrected chi connectivity index (χ3v) is 6.58. The van der Waals surface area contributed by atoms with Crippen molar-refractivity contribution >= 4 is 22.8 Å². The maximum atomic E-state index is 13.3. The van der Waals surface area contributed by atoms with Crippen molar-refractivity contribution in [2.45, 2.75) is 38.5 Å². The molecule has 0 fully saturated rings. The molecule has 1 unspecified atom stereocenters. The van der Waals surface area contributed by atoms with Gasteiger partial charge in [0.15, 0.2) is 17.1 Å². The summed E-state index contributed by atoms with van der Waals surface area (Å²) in [7, 11) is 0. The van der Waals surface area contributed by atoms with Gasteiger partial charge >= 0.3 is 11.9 Å². The highest BCUT2D eigenvalue weighted by Crippen LogP contribution is 2.44. The first kappa shape index (κ1) is 19.7. The molecular formula is C23H18N2O8. The van der Waals surface area contributed by atoms with Gasteiger partial charge in [0, 0.05) is 28.1 Å². The van der Waals surface area contributed by atoms with Crippen molar-refractivity contribution in [2.75, 3.05) is 6.79 Å². The first-order valence-electron chi connectivity index (χ1n) is 10.5. The molecule has 0 aliphatic carbocycles. The highest BCUT2D eigenvalue weighted by molar-refractivity contribution is 5.93. The van der Waals surface area contributed by atoms with E-state index in [1.165, 1.54) is 4.57 Å². The molecular weight excluding hydrogens is 432 g/mol. The van der Waals surface area contributed by atoms with Crippen molar-refractivity contribution in [3.63, 3.8) is 0 Å². The second-order valence-corrected chi connectivity index (χ2v) is 8.33. The molecule has 3 aromatic rings. The molecule has 0 saturated heterocycles. The molecule has 1 atom stereocenters. The van der Waals surface area contributed by atoms with Crippen molar-refractivity contribution in [3.8, 4) is 22.9 Å². The predicted molar refractivity (Wildman–Crippen MR) is 112 cm³/mol. The summed E-state index contributed by atoms with van der Waals surface area (Å²) < 4.78 is 17.6. The van der Waals surface area contributed by atoms with Gasteiger partial charge < -0.3 is 29.0 Å². The number of aliphatic hydroxyl groups is 1. The lowest BCUT2D eigenvalue weighted by Gasteiger charge is -2.31. The molecule has 0 radical (unpaired) electrons. The molecule has 1 aromatic carbocycles. The number of carboxylic acid groups (broad SMARTS) is 1. The second-order valence-electron chi connectivity index (χ2n) is 8.33. The van der Waals surface area contributed by atoms with E-state index in [1.807, 2.05) is 6.07 Å². The quantitative estimate of drug-likeness (QED) is 0.444. The van der Waals surface area contributed by atoms with Crippen LogP contribution in [0.2, 0.25) is 0 Å². The van der Waals surface area contributed by atoms with E-state index < -0.39 is 17.5 Å². The summed E-state index contributed by atoms with van der Waals surface area (Å²) in [6, 6.07) is 5.13. The molecule has 0 saturated carbocycles. The van der Waals surface area contributed by atoms with Gasteiger partial charge in [-0.3, -0.25) is 9.59 Å². The van der Waals surface area contributed by atoms with Gasteiger partial charge in [-0.15, -0.1) is 0 Å². The number of nitrogens with zero attached hydrogens (tertiary/aromatic N) is 2. The number of hydrogen-bond acceptors (Lipinski definition) is 8. The van der Waals surface area contributed by atoms with Gasteiger partial charge in [-0.25, -0.2) is 9.78 Å². The number of cyclic esters (lactones) is 1. The average molecular weight is 450 g/mol. The van der Waals surface area contributed by atoms with Crippen molar-refractivity contribution in [1.29, 1.82) is 0 Å². The number of pyridine rings is 2. The Bertz CT molecular complexity index is 1470. The van der Waals surface area contributed by atoms with Gasteiger partial charge in [-0.2, -0.15) is 0 Å². The van der Waals surface area contributed by atoms with Crippen LogP contribution in [0.1, 0.15) is 35.6 Å². The minimum Gasteiger partial charge on any atom is -0.481 e. The fraction of sp³-hybridized carbons (Fsp3) is 0.304. The van der Waals surface area contributed by atoms with Gasteiger partial charge in [0.05, 0.1) is 35.4 Å². The third-order valence-electron chi connectivity index (χ3n) is 6.58. The molecule has 10 heteroatoms. The maximum Gasteiger partial charge on any atom is 0.343 e. The third kappa shape index (κ3) is 2.58. The number of carbonyl (C=O) groups is 2. The van der Waals surface area contributed by atoms with E-state index in [1.54, 1.807) is 19.1 Å². The number of hydrogen-bond donors (Lipinski definition) is 2. The first-order chi connectivity index (χ1) is 15.8. The van der Waals surface area contributed by atoms with E-state index in [0.29, 0.717) is 39.4 Å². The second kappa shape index (κ2) is 6.55. The van der Waals surface area contributed by atoms with Crippen LogP contribution in [0.4, 0.5) is 0 Å². The molecule has 3 aliphatic heterocycles. The lowest BCUT2D eigenvalue weighted by molar-refractivity contribution is -0.172. The summed E-state index contributed by atoms with van der Waals surface area (Å²) in [5.74, 6) is -0.998. The van der Waals surface area contributed by atoms with Crippen molar-refractivity contribution < 1.29 is 34.0 Å². The van der Waals surface area contributed by atoms with Crippen LogP contribution < -0.4 is 15.0 Å². The Morgan fingerprint density at radius 3 is 2.79 bits per heavy atom. The van der Waals surface area contributed by atoms with Gasteiger partial charge in [0.25, 0.3) is 5.56 Å². The Labute approximate surface area is 186 Å². The van der Waals surface area contributed by atoms with Crippen molar-refractivity contribution in [1.82, 2.24) is 9.55 Å². The number of fused-ring (bicyclic) bond motifs is 6. The zero-order valence-electron chi connectivity index (χ0n) is 17.5. The molecule has 0 spiro atoms. The number of aromatic nitrogens is 2. The van der Waals surface area contributed by atoms with Crippen LogP contribution in [0.3, 0.4) is 0 Å². The minimum atomic E-state index is -1.90. The van der Waals surface area contributed by atoms with Crippen LogP contribution in [0.5, 0.6) is 11.5 Å². The summed E-state index contributed by atoms with van der Waals surface area (Å²) in [4.78, 5) is 41.8. The van der Waals surface area contributed by atoms with E-state index >= 15 is 0 Å². The Hall–Kier alpha value is -3.92. The fourth-order valence-corrected chi connectivity index (χ4v) is 4.89. The lowest BCUT2D eigenvalue weighted by Crippen LogP contribution is -2.44. The van der Waals surface area contributed by atoms with Crippen LogP contribution in [-0.4, -0.2) is 38.5 Å². The number of esters is 1. The van der Waals surface area contributed by atoms with Crippen LogP contribution in [-0.2, 0) is 39.5 Å². The Morgan fingerprint density at radius 1 is 1.21 bits per heavy atom. The van der Waals surface area contributed by atoms with Crippen LogP contribution in [0.25, 0.3) is 22.3 Å². The monoisotopic (exact) mass is 450 g/mol. The molecule has 6 rings (SSSR count). The van der Waals surface area contributed by atoms with Gasteiger partial charge in [0.2, 0.25) is 6.79 Å². The average Bonchev–Trinajstić information content (AvgIpc) is 3.40. The summed E-state index contributed by atoms with van der Waals surface area (Å²) in [5.41, 5.74) is 0.917. The Kier molecular flexibility index (Phi) is 3.92. The van der Waals surface area contributed by atoms with Gasteiger partial charge in [-0.1, -0.05) is 6.92 Å². The smallest absolute Gasteiger partial charge is 0.343 e. The Morgan fingerprint density at radius 2 is 2.03 bits per heavy atom.